The van der Waals surface area contributed by atoms with Crippen LogP contribution in [-0.4, -0.2) is 37.8 Å². The fraction of sp³-hybridized carbons (Fsp3) is 0.857. The van der Waals surface area contributed by atoms with E-state index < -0.39 is 14.4 Å². The molecule has 106 valence electrons. The van der Waals surface area contributed by atoms with Crippen molar-refractivity contribution >= 4 is 8.32 Å². The van der Waals surface area contributed by atoms with E-state index in [4.69, 9.17) is 9.16 Å². The molecule has 0 amide bonds. The molecule has 1 rings (SSSR count). The summed E-state index contributed by atoms with van der Waals surface area (Å²) in [5.74, 6) is 0. The van der Waals surface area contributed by atoms with Gasteiger partial charge >= 0.3 is 0 Å². The molecule has 0 unspecified atom stereocenters. The van der Waals surface area contributed by atoms with Crippen molar-refractivity contribution in [2.24, 2.45) is 0 Å². The monoisotopic (exact) mass is 272 g/mol. The third-order valence-corrected chi connectivity index (χ3v) is 8.68. The maximum Gasteiger partial charge on any atom is 0.192 e. The molecule has 0 radical (unpaired) electrons. The van der Waals surface area contributed by atoms with Gasteiger partial charge in [0, 0.05) is 0 Å². The van der Waals surface area contributed by atoms with Crippen molar-refractivity contribution < 1.29 is 14.3 Å². The van der Waals surface area contributed by atoms with Gasteiger partial charge in [-0.15, -0.1) is 6.58 Å². The second-order valence-corrected chi connectivity index (χ2v) is 11.5. The van der Waals surface area contributed by atoms with Gasteiger partial charge in [-0.25, -0.2) is 0 Å². The number of hydrogen-bond acceptors (Lipinski definition) is 3. The van der Waals surface area contributed by atoms with Crippen molar-refractivity contribution in [3.63, 3.8) is 0 Å². The van der Waals surface area contributed by atoms with Crippen molar-refractivity contribution in [3.8, 4) is 0 Å². The molecule has 4 heteroatoms. The molecule has 18 heavy (non-hydrogen) atoms. The van der Waals surface area contributed by atoms with E-state index in [1.165, 1.54) is 0 Å². The summed E-state index contributed by atoms with van der Waals surface area (Å²) in [6.45, 7) is 16.7. The fourth-order valence-electron chi connectivity index (χ4n) is 1.96. The highest BCUT2D eigenvalue weighted by Crippen LogP contribution is 2.39. The summed E-state index contributed by atoms with van der Waals surface area (Å²) < 4.78 is 12.1. The highest BCUT2D eigenvalue weighted by atomic mass is 28.4. The highest BCUT2D eigenvalue weighted by molar-refractivity contribution is 6.74. The van der Waals surface area contributed by atoms with Gasteiger partial charge in [-0.1, -0.05) is 26.8 Å². The van der Waals surface area contributed by atoms with Crippen molar-refractivity contribution in [2.45, 2.75) is 76.7 Å². The van der Waals surface area contributed by atoms with Crippen LogP contribution in [0.25, 0.3) is 0 Å². The third kappa shape index (κ3) is 3.23. The minimum Gasteiger partial charge on any atom is -0.409 e. The summed E-state index contributed by atoms with van der Waals surface area (Å²) in [5.41, 5.74) is 0. The summed E-state index contributed by atoms with van der Waals surface area (Å²) in [6.07, 6.45) is 1.47. The topological polar surface area (TPSA) is 38.7 Å². The number of hydrogen-bond donors (Lipinski definition) is 1. The van der Waals surface area contributed by atoms with E-state index in [1.807, 2.05) is 6.92 Å². The Labute approximate surface area is 112 Å². The van der Waals surface area contributed by atoms with Gasteiger partial charge < -0.3 is 14.3 Å². The summed E-state index contributed by atoms with van der Waals surface area (Å²) >= 11 is 0. The van der Waals surface area contributed by atoms with E-state index in [0.29, 0.717) is 6.42 Å². The zero-order valence-corrected chi connectivity index (χ0v) is 13.6. The van der Waals surface area contributed by atoms with Crippen LogP contribution in [0.1, 0.15) is 34.1 Å². The van der Waals surface area contributed by atoms with Crippen molar-refractivity contribution in [1.82, 2.24) is 0 Å². The van der Waals surface area contributed by atoms with E-state index in [9.17, 15) is 5.11 Å². The molecule has 3 nitrogen and oxygen atoms in total. The Balaban J connectivity index is 2.76. The van der Waals surface area contributed by atoms with E-state index >= 15 is 0 Å². The molecule has 1 aliphatic rings. The average Bonchev–Trinajstić information content (AvgIpc) is 2.45. The highest BCUT2D eigenvalue weighted by Gasteiger charge is 2.47. The fourth-order valence-corrected chi connectivity index (χ4v) is 3.33. The van der Waals surface area contributed by atoms with E-state index in [0.717, 1.165) is 0 Å². The summed E-state index contributed by atoms with van der Waals surface area (Å²) in [5, 5.41) is 10.4. The molecule has 1 aliphatic heterocycles. The van der Waals surface area contributed by atoms with E-state index in [-0.39, 0.29) is 23.4 Å². The van der Waals surface area contributed by atoms with Crippen LogP contribution in [0.2, 0.25) is 18.1 Å². The Morgan fingerprint density at radius 3 is 2.39 bits per heavy atom. The maximum absolute atomic E-state index is 10.3. The first-order chi connectivity index (χ1) is 8.10. The van der Waals surface area contributed by atoms with Crippen molar-refractivity contribution in [2.75, 3.05) is 0 Å². The Morgan fingerprint density at radius 2 is 1.94 bits per heavy atom. The van der Waals surface area contributed by atoms with Crippen LogP contribution in [0.3, 0.4) is 0 Å². The van der Waals surface area contributed by atoms with E-state index in [1.54, 1.807) is 6.08 Å². The van der Waals surface area contributed by atoms with Gasteiger partial charge in [0.25, 0.3) is 0 Å². The van der Waals surface area contributed by atoms with Crippen LogP contribution in [0, 0.1) is 0 Å². The van der Waals surface area contributed by atoms with E-state index in [2.05, 4.69) is 40.4 Å². The summed E-state index contributed by atoms with van der Waals surface area (Å²) in [6, 6.07) is 0. The predicted molar refractivity (Wildman–Crippen MR) is 77.2 cm³/mol. The second-order valence-electron chi connectivity index (χ2n) is 6.74. The first kappa shape index (κ1) is 15.9. The van der Waals surface area contributed by atoms with Gasteiger partial charge in [0.15, 0.2) is 8.32 Å². The Bertz CT molecular complexity index is 296. The van der Waals surface area contributed by atoms with Crippen LogP contribution >= 0.6 is 0 Å². The largest absolute Gasteiger partial charge is 0.409 e. The SMILES string of the molecule is C=CC[C@@H]1O[C@H](C)[C@@H](O[Si](C)(C)C(C)(C)C)[C@H]1O. The Hall–Kier alpha value is -0.163. The third-order valence-electron chi connectivity index (χ3n) is 4.21. The summed E-state index contributed by atoms with van der Waals surface area (Å²) in [4.78, 5) is 0. The lowest BCUT2D eigenvalue weighted by Gasteiger charge is -2.39. The van der Waals surface area contributed by atoms with Crippen molar-refractivity contribution in [3.05, 3.63) is 12.7 Å². The molecule has 0 aliphatic carbocycles. The molecular weight excluding hydrogens is 244 g/mol. The molecule has 0 aromatic rings. The first-order valence-electron chi connectivity index (χ1n) is 6.72. The molecule has 1 N–H and O–H groups in total. The first-order valence-corrected chi connectivity index (χ1v) is 9.63. The molecular formula is C14H28O3Si. The van der Waals surface area contributed by atoms with Gasteiger partial charge in [-0.05, 0) is 31.5 Å². The molecule has 0 aromatic carbocycles. The minimum atomic E-state index is -1.87. The lowest BCUT2D eigenvalue weighted by atomic mass is 10.1. The molecule has 1 saturated heterocycles. The Kier molecular flexibility index (Phi) is 4.81. The molecule has 1 heterocycles. The second kappa shape index (κ2) is 5.45. The van der Waals surface area contributed by atoms with Gasteiger partial charge in [0.05, 0.1) is 18.3 Å². The predicted octanol–water partition coefficient (Wildman–Crippen LogP) is 3.10. The van der Waals surface area contributed by atoms with Gasteiger partial charge in [0.1, 0.15) is 6.10 Å². The van der Waals surface area contributed by atoms with Crippen LogP contribution in [0.4, 0.5) is 0 Å². The smallest absolute Gasteiger partial charge is 0.192 e. The maximum atomic E-state index is 10.3. The zero-order chi connectivity index (χ0) is 14.1. The van der Waals surface area contributed by atoms with Crippen molar-refractivity contribution in [1.29, 1.82) is 0 Å². The molecule has 0 bridgehead atoms. The Morgan fingerprint density at radius 1 is 1.39 bits per heavy atom. The number of aliphatic hydroxyl groups excluding tert-OH is 1. The van der Waals surface area contributed by atoms with Crippen LogP contribution in [0.15, 0.2) is 12.7 Å². The number of ether oxygens (including phenoxy) is 1. The quantitative estimate of drug-likeness (QED) is 0.631. The number of rotatable bonds is 4. The lowest BCUT2D eigenvalue weighted by molar-refractivity contribution is 0.0186. The minimum absolute atomic E-state index is 0.0564. The molecule has 0 aromatic heterocycles. The van der Waals surface area contributed by atoms with Crippen LogP contribution < -0.4 is 0 Å². The van der Waals surface area contributed by atoms with Gasteiger partial charge in [-0.2, -0.15) is 0 Å². The standard InChI is InChI=1S/C14H28O3Si/c1-8-9-11-12(15)13(10(2)16-11)17-18(6,7)14(3,4)5/h8,10-13,15H,1,9H2,2-7H3/t10-,11+,12+,13-/m1/s1. The van der Waals surface area contributed by atoms with Crippen LogP contribution in [0.5, 0.6) is 0 Å². The summed E-state index contributed by atoms with van der Waals surface area (Å²) in [7, 11) is -1.87. The molecule has 0 saturated carbocycles. The van der Waals surface area contributed by atoms with Crippen LogP contribution in [-0.2, 0) is 9.16 Å². The lowest BCUT2D eigenvalue weighted by Crippen LogP contribution is -2.48. The molecule has 4 atom stereocenters. The van der Waals surface area contributed by atoms with Gasteiger partial charge in [-0.3, -0.25) is 0 Å². The normalized spacial score (nSPS) is 33.7. The molecule has 1 fully saturated rings. The average molecular weight is 272 g/mol. The van der Waals surface area contributed by atoms with Gasteiger partial charge in [0.2, 0.25) is 0 Å². The molecule has 0 spiro atoms. The zero-order valence-electron chi connectivity index (χ0n) is 12.6. The number of aliphatic hydroxyl groups is 1.